The van der Waals surface area contributed by atoms with E-state index in [-0.39, 0.29) is 5.91 Å². The SMILES string of the molecule is Cc1nc2sccn2c1C(=O)N/N=C/c1ccccc1Cl. The number of hydrogen-bond acceptors (Lipinski definition) is 4. The standard InChI is InChI=1S/C14H11ClN4OS/c1-9-12(19-6-7-21-14(19)17-9)13(20)18-16-8-10-4-2-3-5-11(10)15/h2-8H,1H3,(H,18,20)/b16-8+. The van der Waals surface area contributed by atoms with Crippen molar-refractivity contribution in [2.75, 3.05) is 0 Å². The van der Waals surface area contributed by atoms with Crippen molar-refractivity contribution in [3.05, 3.63) is 57.8 Å². The summed E-state index contributed by atoms with van der Waals surface area (Å²) in [5.74, 6) is -0.304. The van der Waals surface area contributed by atoms with Crippen molar-refractivity contribution in [3.63, 3.8) is 0 Å². The number of aromatic nitrogens is 2. The van der Waals surface area contributed by atoms with Gasteiger partial charge in [-0.3, -0.25) is 9.20 Å². The maximum absolute atomic E-state index is 12.2. The molecule has 1 N–H and O–H groups in total. The molecule has 0 atom stereocenters. The van der Waals surface area contributed by atoms with Gasteiger partial charge in [-0.25, -0.2) is 10.4 Å². The number of carbonyl (C=O) groups is 1. The Bertz CT molecular complexity index is 836. The normalized spacial score (nSPS) is 11.3. The number of nitrogens with one attached hydrogen (secondary N) is 1. The molecule has 0 aliphatic heterocycles. The van der Waals surface area contributed by atoms with Crippen molar-refractivity contribution in [1.29, 1.82) is 0 Å². The third-order valence-electron chi connectivity index (χ3n) is 2.93. The van der Waals surface area contributed by atoms with E-state index in [1.807, 2.05) is 29.8 Å². The number of amides is 1. The zero-order valence-corrected chi connectivity index (χ0v) is 12.6. The molecule has 1 aromatic carbocycles. The molecule has 0 saturated carbocycles. The smallest absolute Gasteiger partial charge is 0.286 e. The Morgan fingerprint density at radius 3 is 3.10 bits per heavy atom. The Morgan fingerprint density at radius 1 is 1.48 bits per heavy atom. The van der Waals surface area contributed by atoms with Crippen LogP contribution in [0.5, 0.6) is 0 Å². The van der Waals surface area contributed by atoms with Crippen molar-refractivity contribution in [2.45, 2.75) is 6.92 Å². The molecule has 0 fully saturated rings. The second-order valence-electron chi connectivity index (χ2n) is 4.32. The van der Waals surface area contributed by atoms with E-state index in [0.717, 1.165) is 10.5 Å². The minimum absolute atomic E-state index is 0.304. The van der Waals surface area contributed by atoms with Gasteiger partial charge >= 0.3 is 0 Å². The van der Waals surface area contributed by atoms with Crippen LogP contribution in [0.3, 0.4) is 0 Å². The van der Waals surface area contributed by atoms with Crippen LogP contribution in [-0.4, -0.2) is 21.5 Å². The summed E-state index contributed by atoms with van der Waals surface area (Å²) in [7, 11) is 0. The second kappa shape index (κ2) is 5.67. The lowest BCUT2D eigenvalue weighted by atomic mass is 10.2. The van der Waals surface area contributed by atoms with Crippen molar-refractivity contribution in [1.82, 2.24) is 14.8 Å². The monoisotopic (exact) mass is 318 g/mol. The Labute approximate surface area is 129 Å². The van der Waals surface area contributed by atoms with Gasteiger partial charge in [0.05, 0.1) is 11.9 Å². The van der Waals surface area contributed by atoms with Crippen molar-refractivity contribution >= 4 is 40.0 Å². The van der Waals surface area contributed by atoms with Crippen molar-refractivity contribution in [3.8, 4) is 0 Å². The highest BCUT2D eigenvalue weighted by molar-refractivity contribution is 7.15. The quantitative estimate of drug-likeness (QED) is 0.596. The van der Waals surface area contributed by atoms with Crippen LogP contribution in [0.1, 0.15) is 21.7 Å². The van der Waals surface area contributed by atoms with Crippen molar-refractivity contribution < 1.29 is 4.79 Å². The molecule has 0 unspecified atom stereocenters. The van der Waals surface area contributed by atoms with Crippen LogP contribution in [0.4, 0.5) is 0 Å². The zero-order chi connectivity index (χ0) is 14.8. The maximum Gasteiger partial charge on any atom is 0.290 e. The number of nitrogens with zero attached hydrogens (tertiary/aromatic N) is 3. The molecule has 3 rings (SSSR count). The van der Waals surface area contributed by atoms with Crippen LogP contribution in [0.15, 0.2) is 40.9 Å². The number of rotatable bonds is 3. The number of carbonyl (C=O) groups excluding carboxylic acids is 1. The summed E-state index contributed by atoms with van der Waals surface area (Å²) >= 11 is 7.49. The van der Waals surface area contributed by atoms with Gasteiger partial charge in [-0.1, -0.05) is 29.8 Å². The van der Waals surface area contributed by atoms with Gasteiger partial charge in [0.2, 0.25) is 0 Å². The molecule has 106 valence electrons. The fourth-order valence-corrected chi connectivity index (χ4v) is 2.90. The average Bonchev–Trinajstić information content (AvgIpc) is 3.00. The molecule has 5 nitrogen and oxygen atoms in total. The molecule has 0 bridgehead atoms. The molecule has 21 heavy (non-hydrogen) atoms. The van der Waals surface area contributed by atoms with Gasteiger partial charge in [-0.05, 0) is 13.0 Å². The number of hydrazone groups is 1. The van der Waals surface area contributed by atoms with Gasteiger partial charge < -0.3 is 0 Å². The minimum atomic E-state index is -0.304. The first-order valence-corrected chi connectivity index (χ1v) is 7.42. The van der Waals surface area contributed by atoms with E-state index in [9.17, 15) is 4.79 Å². The van der Waals surface area contributed by atoms with Gasteiger partial charge in [0.1, 0.15) is 5.69 Å². The van der Waals surface area contributed by atoms with E-state index in [0.29, 0.717) is 16.4 Å². The average molecular weight is 319 g/mol. The molecule has 2 heterocycles. The number of halogens is 1. The van der Waals surface area contributed by atoms with Gasteiger partial charge in [-0.15, -0.1) is 11.3 Å². The van der Waals surface area contributed by atoms with Gasteiger partial charge in [-0.2, -0.15) is 5.10 Å². The molecule has 0 aliphatic rings. The number of hydrogen-bond donors (Lipinski definition) is 1. The topological polar surface area (TPSA) is 58.8 Å². The predicted molar refractivity (Wildman–Crippen MR) is 84.3 cm³/mol. The fraction of sp³-hybridized carbons (Fsp3) is 0.0714. The largest absolute Gasteiger partial charge is 0.290 e. The highest BCUT2D eigenvalue weighted by Gasteiger charge is 2.16. The van der Waals surface area contributed by atoms with E-state index in [1.54, 1.807) is 17.4 Å². The number of imidazole rings is 1. The van der Waals surface area contributed by atoms with Crippen LogP contribution >= 0.6 is 22.9 Å². The van der Waals surface area contributed by atoms with Crippen LogP contribution in [0.25, 0.3) is 4.96 Å². The van der Waals surface area contributed by atoms with Gasteiger partial charge in [0.25, 0.3) is 5.91 Å². The Hall–Kier alpha value is -2.18. The highest BCUT2D eigenvalue weighted by Crippen LogP contribution is 2.16. The molecule has 0 aliphatic carbocycles. The summed E-state index contributed by atoms with van der Waals surface area (Å²) in [5, 5.41) is 6.40. The second-order valence-corrected chi connectivity index (χ2v) is 5.60. The van der Waals surface area contributed by atoms with Crippen LogP contribution in [-0.2, 0) is 0 Å². The van der Waals surface area contributed by atoms with Gasteiger partial charge in [0.15, 0.2) is 4.96 Å². The lowest BCUT2D eigenvalue weighted by Gasteiger charge is -2.00. The highest BCUT2D eigenvalue weighted by atomic mass is 35.5. The molecule has 0 radical (unpaired) electrons. The Kier molecular flexibility index (Phi) is 3.72. The lowest BCUT2D eigenvalue weighted by Crippen LogP contribution is -2.20. The molecule has 2 aromatic heterocycles. The van der Waals surface area contributed by atoms with Crippen LogP contribution in [0, 0.1) is 6.92 Å². The third kappa shape index (κ3) is 2.68. The summed E-state index contributed by atoms with van der Waals surface area (Å²) in [6.45, 7) is 1.80. The number of fused-ring (bicyclic) bond motifs is 1. The van der Waals surface area contributed by atoms with E-state index in [1.165, 1.54) is 17.6 Å². The van der Waals surface area contributed by atoms with Gasteiger partial charge in [0, 0.05) is 22.2 Å². The predicted octanol–water partition coefficient (Wildman–Crippen LogP) is 3.12. The van der Waals surface area contributed by atoms with E-state index < -0.39 is 0 Å². The summed E-state index contributed by atoms with van der Waals surface area (Å²) in [4.78, 5) is 17.3. The third-order valence-corrected chi connectivity index (χ3v) is 4.03. The number of benzene rings is 1. The zero-order valence-electron chi connectivity index (χ0n) is 11.1. The van der Waals surface area contributed by atoms with E-state index in [2.05, 4.69) is 15.5 Å². The Morgan fingerprint density at radius 2 is 2.29 bits per heavy atom. The molecular formula is C14H11ClN4OS. The first-order valence-electron chi connectivity index (χ1n) is 6.17. The summed E-state index contributed by atoms with van der Waals surface area (Å²) < 4.78 is 1.75. The van der Waals surface area contributed by atoms with Crippen molar-refractivity contribution in [2.24, 2.45) is 5.10 Å². The van der Waals surface area contributed by atoms with Crippen LogP contribution < -0.4 is 5.43 Å². The minimum Gasteiger partial charge on any atom is -0.286 e. The molecule has 3 aromatic rings. The fourth-order valence-electron chi connectivity index (χ4n) is 1.96. The van der Waals surface area contributed by atoms with Crippen LogP contribution in [0.2, 0.25) is 5.02 Å². The Balaban J connectivity index is 1.79. The molecule has 1 amide bonds. The molecule has 0 saturated heterocycles. The lowest BCUT2D eigenvalue weighted by molar-refractivity contribution is 0.0948. The summed E-state index contributed by atoms with van der Waals surface area (Å²) in [6, 6.07) is 7.27. The summed E-state index contributed by atoms with van der Waals surface area (Å²) in [5.41, 5.74) is 4.40. The number of aryl methyl sites for hydroxylation is 1. The summed E-state index contributed by atoms with van der Waals surface area (Å²) in [6.07, 6.45) is 3.33. The number of thiazole rings is 1. The van der Waals surface area contributed by atoms with E-state index >= 15 is 0 Å². The molecule has 7 heteroatoms. The molecular weight excluding hydrogens is 308 g/mol. The maximum atomic E-state index is 12.2. The van der Waals surface area contributed by atoms with E-state index in [4.69, 9.17) is 11.6 Å². The first kappa shape index (κ1) is 13.8. The molecule has 0 spiro atoms. The first-order chi connectivity index (χ1) is 10.2.